The number of carbonyl (C=O) groups excluding carboxylic acids is 2. The Labute approximate surface area is 114 Å². The van der Waals surface area contributed by atoms with E-state index in [2.05, 4.69) is 10.6 Å². The molecule has 0 saturated carbocycles. The van der Waals surface area contributed by atoms with Gasteiger partial charge < -0.3 is 15.5 Å². The topological polar surface area (TPSA) is 61.4 Å². The average Bonchev–Trinajstić information content (AvgIpc) is 2.37. The molecule has 0 bridgehead atoms. The molecule has 0 radical (unpaired) electrons. The third-order valence-corrected chi connectivity index (χ3v) is 3.05. The molecule has 7 heteroatoms. The molecule has 3 amide bonds. The lowest BCUT2D eigenvalue weighted by atomic mass is 10.1. The smallest absolute Gasteiger partial charge is 0.318 e. The van der Waals surface area contributed by atoms with E-state index < -0.39 is 23.7 Å². The van der Waals surface area contributed by atoms with Gasteiger partial charge in [-0.2, -0.15) is 0 Å². The van der Waals surface area contributed by atoms with Gasteiger partial charge in [0.15, 0.2) is 0 Å². The Bertz CT molecular complexity index is 516. The second kappa shape index (κ2) is 5.85. The largest absolute Gasteiger partial charge is 0.353 e. The highest BCUT2D eigenvalue weighted by molar-refractivity contribution is 5.85. The fraction of sp³-hybridized carbons (Fsp3) is 0.385. The maximum atomic E-state index is 13.1. The van der Waals surface area contributed by atoms with E-state index in [1.165, 1.54) is 4.90 Å². The molecule has 108 valence electrons. The lowest BCUT2D eigenvalue weighted by Gasteiger charge is -2.28. The predicted molar refractivity (Wildman–Crippen MR) is 67.9 cm³/mol. The van der Waals surface area contributed by atoms with Crippen LogP contribution in [-0.2, 0) is 4.79 Å². The molecule has 20 heavy (non-hydrogen) atoms. The first-order valence-electron chi connectivity index (χ1n) is 6.24. The van der Waals surface area contributed by atoms with Gasteiger partial charge >= 0.3 is 6.03 Å². The third-order valence-electron chi connectivity index (χ3n) is 3.05. The highest BCUT2D eigenvalue weighted by Gasteiger charge is 2.22. The van der Waals surface area contributed by atoms with Crippen LogP contribution in [0.4, 0.5) is 13.6 Å². The second-order valence-corrected chi connectivity index (χ2v) is 4.65. The molecule has 1 aromatic carbocycles. The van der Waals surface area contributed by atoms with Gasteiger partial charge in [-0.3, -0.25) is 4.79 Å². The average molecular weight is 283 g/mol. The Morgan fingerprint density at radius 2 is 2.00 bits per heavy atom. The van der Waals surface area contributed by atoms with Gasteiger partial charge in [0, 0.05) is 19.2 Å². The van der Waals surface area contributed by atoms with Gasteiger partial charge in [0.2, 0.25) is 5.91 Å². The van der Waals surface area contributed by atoms with Crippen LogP contribution >= 0.6 is 0 Å². The number of amides is 3. The summed E-state index contributed by atoms with van der Waals surface area (Å²) in [7, 11) is 0. The van der Waals surface area contributed by atoms with Crippen LogP contribution in [0.5, 0.6) is 0 Å². The quantitative estimate of drug-likeness (QED) is 0.856. The maximum Gasteiger partial charge on any atom is 0.318 e. The second-order valence-electron chi connectivity index (χ2n) is 4.65. The standard InChI is InChI=1S/C13H15F2N3O2/c1-8(9-4-10(14)6-11(15)5-9)17-13(20)18-3-2-16-12(19)7-18/h4-6,8H,2-3,7H2,1H3,(H,16,19)(H,17,20)/t8-/m1/s1. The summed E-state index contributed by atoms with van der Waals surface area (Å²) in [5, 5.41) is 5.22. The molecule has 1 atom stereocenters. The minimum absolute atomic E-state index is 0.0178. The summed E-state index contributed by atoms with van der Waals surface area (Å²) < 4.78 is 26.2. The summed E-state index contributed by atoms with van der Waals surface area (Å²) in [6.07, 6.45) is 0. The molecule has 0 aromatic heterocycles. The Morgan fingerprint density at radius 3 is 2.60 bits per heavy atom. The van der Waals surface area contributed by atoms with Crippen molar-refractivity contribution in [3.8, 4) is 0 Å². The first kappa shape index (κ1) is 14.2. The van der Waals surface area contributed by atoms with E-state index in [4.69, 9.17) is 0 Å². The number of halogens is 2. The third kappa shape index (κ3) is 3.43. The molecule has 2 rings (SSSR count). The van der Waals surface area contributed by atoms with E-state index in [0.717, 1.165) is 18.2 Å². The van der Waals surface area contributed by atoms with Crippen LogP contribution in [0.15, 0.2) is 18.2 Å². The number of rotatable bonds is 2. The van der Waals surface area contributed by atoms with Crippen molar-refractivity contribution < 1.29 is 18.4 Å². The highest BCUT2D eigenvalue weighted by Crippen LogP contribution is 2.16. The normalized spacial score (nSPS) is 16.6. The molecule has 1 fully saturated rings. The zero-order valence-electron chi connectivity index (χ0n) is 11.0. The number of nitrogens with zero attached hydrogens (tertiary/aromatic N) is 1. The van der Waals surface area contributed by atoms with Gasteiger partial charge in [-0.1, -0.05) is 0 Å². The Balaban J connectivity index is 2.01. The van der Waals surface area contributed by atoms with Crippen molar-refractivity contribution in [1.82, 2.24) is 15.5 Å². The monoisotopic (exact) mass is 283 g/mol. The van der Waals surface area contributed by atoms with Crippen LogP contribution < -0.4 is 10.6 Å². The number of urea groups is 1. The Morgan fingerprint density at radius 1 is 1.35 bits per heavy atom. The van der Waals surface area contributed by atoms with Crippen LogP contribution in [-0.4, -0.2) is 36.5 Å². The van der Waals surface area contributed by atoms with Crippen molar-refractivity contribution in [1.29, 1.82) is 0 Å². The summed E-state index contributed by atoms with van der Waals surface area (Å²) in [6, 6.07) is 2.11. The number of carbonyl (C=O) groups is 2. The number of piperazine rings is 1. The molecule has 2 N–H and O–H groups in total. The zero-order valence-corrected chi connectivity index (χ0v) is 11.0. The van der Waals surface area contributed by atoms with Crippen molar-refractivity contribution >= 4 is 11.9 Å². The number of benzene rings is 1. The first-order chi connectivity index (χ1) is 9.45. The molecule has 0 aliphatic carbocycles. The van der Waals surface area contributed by atoms with Crippen LogP contribution in [0.25, 0.3) is 0 Å². The van der Waals surface area contributed by atoms with Crippen LogP contribution in [0.1, 0.15) is 18.5 Å². The SMILES string of the molecule is C[C@@H](NC(=O)N1CCNC(=O)C1)c1cc(F)cc(F)c1. The lowest BCUT2D eigenvalue weighted by Crippen LogP contribution is -2.53. The van der Waals surface area contributed by atoms with Crippen molar-refractivity contribution in [3.63, 3.8) is 0 Å². The summed E-state index contributed by atoms with van der Waals surface area (Å²) >= 11 is 0. The zero-order chi connectivity index (χ0) is 14.7. The molecule has 1 aliphatic rings. The number of hydrogen-bond acceptors (Lipinski definition) is 2. The number of nitrogens with one attached hydrogen (secondary N) is 2. The van der Waals surface area contributed by atoms with Crippen LogP contribution in [0.2, 0.25) is 0 Å². The van der Waals surface area contributed by atoms with Crippen LogP contribution in [0, 0.1) is 11.6 Å². The predicted octanol–water partition coefficient (Wildman–Crippen LogP) is 1.17. The summed E-state index contributed by atoms with van der Waals surface area (Å²) in [5.41, 5.74) is 0.331. The van der Waals surface area contributed by atoms with Crippen molar-refractivity contribution in [2.24, 2.45) is 0 Å². The molecule has 1 heterocycles. The number of hydrogen-bond donors (Lipinski definition) is 2. The summed E-state index contributed by atoms with van der Waals surface area (Å²) in [6.45, 7) is 2.41. The molecular weight excluding hydrogens is 268 g/mol. The molecule has 0 unspecified atom stereocenters. The van der Waals surface area contributed by atoms with E-state index >= 15 is 0 Å². The summed E-state index contributed by atoms with van der Waals surface area (Å²) in [4.78, 5) is 24.5. The fourth-order valence-electron chi connectivity index (χ4n) is 2.00. The van der Waals surface area contributed by atoms with Gasteiger partial charge in [-0.05, 0) is 24.6 Å². The molecule has 1 aliphatic heterocycles. The van der Waals surface area contributed by atoms with E-state index in [9.17, 15) is 18.4 Å². The van der Waals surface area contributed by atoms with E-state index in [1.807, 2.05) is 0 Å². The molecular formula is C13H15F2N3O2. The fourth-order valence-corrected chi connectivity index (χ4v) is 2.00. The Hall–Kier alpha value is -2.18. The molecule has 1 saturated heterocycles. The van der Waals surface area contributed by atoms with Gasteiger partial charge in [0.25, 0.3) is 0 Å². The van der Waals surface area contributed by atoms with Gasteiger partial charge in [0.05, 0.1) is 6.04 Å². The first-order valence-corrected chi connectivity index (χ1v) is 6.24. The highest BCUT2D eigenvalue weighted by atomic mass is 19.1. The summed E-state index contributed by atoms with van der Waals surface area (Å²) in [5.74, 6) is -1.62. The minimum atomic E-state index is -0.696. The van der Waals surface area contributed by atoms with Crippen molar-refractivity contribution in [2.45, 2.75) is 13.0 Å². The minimum Gasteiger partial charge on any atom is -0.353 e. The Kier molecular flexibility index (Phi) is 4.16. The molecule has 5 nitrogen and oxygen atoms in total. The van der Waals surface area contributed by atoms with Crippen LogP contribution in [0.3, 0.4) is 0 Å². The van der Waals surface area contributed by atoms with Gasteiger partial charge in [-0.25, -0.2) is 13.6 Å². The van der Waals surface area contributed by atoms with E-state index in [0.29, 0.717) is 18.7 Å². The lowest BCUT2D eigenvalue weighted by molar-refractivity contribution is -0.123. The van der Waals surface area contributed by atoms with Gasteiger partial charge in [0.1, 0.15) is 18.2 Å². The van der Waals surface area contributed by atoms with E-state index in [1.54, 1.807) is 6.92 Å². The molecule has 1 aromatic rings. The van der Waals surface area contributed by atoms with Gasteiger partial charge in [-0.15, -0.1) is 0 Å². The van der Waals surface area contributed by atoms with Crippen molar-refractivity contribution in [3.05, 3.63) is 35.4 Å². The van der Waals surface area contributed by atoms with E-state index in [-0.39, 0.29) is 12.5 Å². The van der Waals surface area contributed by atoms with Crippen molar-refractivity contribution in [2.75, 3.05) is 19.6 Å². The molecule has 0 spiro atoms. The maximum absolute atomic E-state index is 13.1.